The number of unbranched alkanes of at least 4 members (excludes halogenated alkanes) is 16. The molecule has 1 rings (SSSR count). The van der Waals surface area contributed by atoms with Crippen LogP contribution < -0.4 is 0 Å². The van der Waals surface area contributed by atoms with Crippen molar-refractivity contribution in [2.45, 2.75) is 210 Å². The van der Waals surface area contributed by atoms with Gasteiger partial charge < -0.3 is 49.7 Å². The fourth-order valence-electron chi connectivity index (χ4n) is 6.89. The summed E-state index contributed by atoms with van der Waals surface area (Å²) in [4.78, 5) is 54.2. The van der Waals surface area contributed by atoms with E-state index in [1.165, 1.54) is 38.5 Å². The Morgan fingerprint density at radius 2 is 1.05 bits per heavy atom. The lowest BCUT2D eigenvalue weighted by Gasteiger charge is -2.43. The number of carbonyl (C=O) groups excluding carboxylic acids is 2. The largest absolute Gasteiger partial charge is 0.472 e. The number of hydrogen-bond acceptors (Lipinski definition) is 14. The Bertz CT molecular complexity index is 1450. The summed E-state index contributed by atoms with van der Waals surface area (Å²) in [5.41, 5.74) is 0. The molecular weight excluding hydrogens is 874 g/mol. The number of aliphatic hydroxyl groups excluding tert-OH is 5. The number of hydrogen-bond donors (Lipinski definition) is 8. The van der Waals surface area contributed by atoms with E-state index in [1.54, 1.807) is 6.08 Å². The summed E-state index contributed by atoms with van der Waals surface area (Å²) in [6, 6.07) is 0. The van der Waals surface area contributed by atoms with E-state index in [9.17, 15) is 49.1 Å². The van der Waals surface area contributed by atoms with Crippen molar-refractivity contribution in [3.05, 3.63) is 48.6 Å². The quantitative estimate of drug-likeness (QED) is 0.00979. The molecule has 0 aromatic carbocycles. The van der Waals surface area contributed by atoms with Crippen molar-refractivity contribution >= 4 is 27.6 Å². The highest BCUT2D eigenvalue weighted by Gasteiger charge is 2.54. The Morgan fingerprint density at radius 1 is 0.562 bits per heavy atom. The van der Waals surface area contributed by atoms with Crippen LogP contribution in [0.25, 0.3) is 0 Å². The number of rotatable bonds is 38. The van der Waals surface area contributed by atoms with E-state index in [1.807, 2.05) is 37.3 Å². The zero-order valence-corrected chi connectivity index (χ0v) is 39.9. The molecule has 8 N–H and O–H groups in total. The molecule has 0 heterocycles. The molecule has 0 aliphatic heterocycles. The zero-order chi connectivity index (χ0) is 47.6. The highest BCUT2D eigenvalue weighted by molar-refractivity contribution is 7.47. The Labute approximate surface area is 380 Å². The van der Waals surface area contributed by atoms with Crippen LogP contribution >= 0.6 is 15.6 Å². The topological polar surface area (TPSA) is 276 Å². The minimum atomic E-state index is -5.37. The number of esters is 2. The van der Waals surface area contributed by atoms with E-state index < -0.39 is 89.6 Å². The van der Waals surface area contributed by atoms with Gasteiger partial charge >= 0.3 is 27.6 Å². The number of allylic oxidation sites excluding steroid dienone is 6. The maximum atomic E-state index is 13.0. The first-order chi connectivity index (χ1) is 30.5. The van der Waals surface area contributed by atoms with E-state index in [-0.39, 0.29) is 12.8 Å². The maximum absolute atomic E-state index is 13.0. The fraction of sp³-hybridized carbons (Fsp3) is 0.778. The summed E-state index contributed by atoms with van der Waals surface area (Å²) in [5.74, 6) is -1.26. The second-order valence-corrected chi connectivity index (χ2v) is 18.9. The highest BCUT2D eigenvalue weighted by atomic mass is 31.2. The van der Waals surface area contributed by atoms with Gasteiger partial charge in [0.25, 0.3) is 0 Å². The molecule has 0 spiro atoms. The Balaban J connectivity index is 2.62. The summed E-state index contributed by atoms with van der Waals surface area (Å²) >= 11 is 0. The van der Waals surface area contributed by atoms with Crippen molar-refractivity contribution in [3.8, 4) is 0 Å². The average Bonchev–Trinajstić information content (AvgIpc) is 3.24. The minimum absolute atomic E-state index is 0.0272. The van der Waals surface area contributed by atoms with Crippen LogP contribution in [0.5, 0.6) is 0 Å². The third-order valence-corrected chi connectivity index (χ3v) is 12.0. The van der Waals surface area contributed by atoms with Crippen molar-refractivity contribution in [2.75, 3.05) is 13.2 Å². The van der Waals surface area contributed by atoms with Crippen molar-refractivity contribution < 1.29 is 82.0 Å². The number of carbonyl (C=O) groups is 2. The minimum Gasteiger partial charge on any atom is -0.462 e. The highest BCUT2D eigenvalue weighted by Crippen LogP contribution is 2.49. The summed E-state index contributed by atoms with van der Waals surface area (Å²) in [5, 5.41) is 51.1. The molecule has 6 unspecified atom stereocenters. The molecule has 1 fully saturated rings. The van der Waals surface area contributed by atoms with Crippen LogP contribution in [0, 0.1) is 0 Å². The van der Waals surface area contributed by atoms with Crippen molar-refractivity contribution in [3.63, 3.8) is 0 Å². The molecular formula is C45H80O17P2. The van der Waals surface area contributed by atoms with Gasteiger partial charge in [-0.15, -0.1) is 0 Å². The lowest BCUT2D eigenvalue weighted by atomic mass is 9.85. The molecule has 0 aromatic heterocycles. The second kappa shape index (κ2) is 36.0. The SMILES string of the molecule is CC/C=C\CCCCCCCCCCCCCC(=O)O[C@H](COC(=O)CCCCCCC/C=C/C=C/C(O)C/C=C/CC)COP(=O)(O)O[C@H]1C(O)C(O)C(O)[C@@H](OP(=O)(O)O)C1O. The second-order valence-electron chi connectivity index (χ2n) is 16.3. The third-order valence-electron chi connectivity index (χ3n) is 10.5. The Hall–Kier alpha value is -2.08. The molecule has 1 aliphatic rings. The van der Waals surface area contributed by atoms with Crippen LogP contribution in [-0.4, -0.2) is 114 Å². The molecule has 0 aromatic rings. The normalized spacial score (nSPS) is 22.7. The molecule has 9 atom stereocenters. The van der Waals surface area contributed by atoms with Gasteiger partial charge in [0.1, 0.15) is 43.2 Å². The van der Waals surface area contributed by atoms with Crippen molar-refractivity contribution in [1.82, 2.24) is 0 Å². The van der Waals surface area contributed by atoms with Gasteiger partial charge in [0, 0.05) is 12.8 Å². The van der Waals surface area contributed by atoms with Gasteiger partial charge in [-0.25, -0.2) is 9.13 Å². The molecule has 1 saturated carbocycles. The Kier molecular flexibility index (Phi) is 33.7. The maximum Gasteiger partial charge on any atom is 0.472 e. The van der Waals surface area contributed by atoms with Gasteiger partial charge in [0.2, 0.25) is 0 Å². The van der Waals surface area contributed by atoms with Crippen LogP contribution in [0.2, 0.25) is 0 Å². The average molecular weight is 955 g/mol. The molecule has 19 heteroatoms. The Morgan fingerprint density at radius 3 is 1.59 bits per heavy atom. The molecule has 0 amide bonds. The van der Waals surface area contributed by atoms with Crippen LogP contribution in [0.15, 0.2) is 48.6 Å². The van der Waals surface area contributed by atoms with E-state index in [0.717, 1.165) is 77.0 Å². The molecule has 0 saturated heterocycles. The molecule has 372 valence electrons. The van der Waals surface area contributed by atoms with Crippen molar-refractivity contribution in [1.29, 1.82) is 0 Å². The van der Waals surface area contributed by atoms with E-state index in [2.05, 4.69) is 23.6 Å². The van der Waals surface area contributed by atoms with Crippen LogP contribution in [0.3, 0.4) is 0 Å². The van der Waals surface area contributed by atoms with E-state index >= 15 is 0 Å². The first-order valence-corrected chi connectivity index (χ1v) is 26.3. The zero-order valence-electron chi connectivity index (χ0n) is 38.1. The predicted molar refractivity (Wildman–Crippen MR) is 243 cm³/mol. The van der Waals surface area contributed by atoms with Crippen molar-refractivity contribution in [2.24, 2.45) is 0 Å². The smallest absolute Gasteiger partial charge is 0.462 e. The number of phosphoric acid groups is 2. The van der Waals surface area contributed by atoms with E-state index in [4.69, 9.17) is 28.3 Å². The predicted octanol–water partition coefficient (Wildman–Crippen LogP) is 7.48. The summed E-state index contributed by atoms with van der Waals surface area (Å²) in [7, 11) is -10.7. The fourth-order valence-corrected chi connectivity index (χ4v) is 8.43. The molecule has 0 bridgehead atoms. The first-order valence-electron chi connectivity index (χ1n) is 23.3. The monoisotopic (exact) mass is 954 g/mol. The summed E-state index contributed by atoms with van der Waals surface area (Å²) in [6.45, 7) is 2.79. The number of aliphatic hydroxyl groups is 5. The van der Waals surface area contributed by atoms with Gasteiger partial charge in [0.05, 0.1) is 12.7 Å². The number of ether oxygens (including phenoxy) is 2. The molecule has 17 nitrogen and oxygen atoms in total. The van der Waals surface area contributed by atoms with Gasteiger partial charge in [0.15, 0.2) is 6.10 Å². The molecule has 1 aliphatic carbocycles. The summed E-state index contributed by atoms with van der Waals surface area (Å²) < 4.78 is 49.3. The third kappa shape index (κ3) is 30.3. The summed E-state index contributed by atoms with van der Waals surface area (Å²) in [6.07, 6.45) is 21.1. The number of phosphoric ester groups is 2. The van der Waals surface area contributed by atoms with Gasteiger partial charge in [-0.1, -0.05) is 140 Å². The van der Waals surface area contributed by atoms with Crippen LogP contribution in [-0.2, 0) is 41.8 Å². The molecule has 64 heavy (non-hydrogen) atoms. The van der Waals surface area contributed by atoms with Crippen LogP contribution in [0.1, 0.15) is 162 Å². The van der Waals surface area contributed by atoms with E-state index in [0.29, 0.717) is 19.3 Å². The van der Waals surface area contributed by atoms with Crippen LogP contribution in [0.4, 0.5) is 0 Å². The van der Waals surface area contributed by atoms with Gasteiger partial charge in [-0.3, -0.25) is 23.2 Å². The van der Waals surface area contributed by atoms with Gasteiger partial charge in [-0.05, 0) is 57.8 Å². The lowest BCUT2D eigenvalue weighted by molar-refractivity contribution is -0.216. The lowest BCUT2D eigenvalue weighted by Crippen LogP contribution is -2.64. The molecule has 0 radical (unpaired) electrons. The standard InChI is InChI=1S/C45H80O17P2/c1-3-5-7-8-9-10-11-12-13-14-15-18-22-25-29-33-39(48)60-37(34-58-38(47)32-28-24-21-19-16-17-20-23-27-31-36(46)30-26-6-4-2)35-59-64(56,57)62-45-42(51)40(49)41(50)44(43(45)52)61-63(53,54)55/h5-7,20,23,26-27,31,36-37,40-46,49-52H,3-4,8-19,21-22,24-25,28-30,32-35H2,1-2H3,(H,56,57)(H2,53,54,55)/b7-5-,23-20+,26-6+,31-27+/t36?,37-,40?,41?,42?,43?,44-,45+/m1/s1. The van der Waals surface area contributed by atoms with Gasteiger partial charge in [-0.2, -0.15) is 0 Å². The first kappa shape index (κ1) is 59.9.